The molecule has 0 aromatic heterocycles. The Balaban J connectivity index is 2.06. The van der Waals surface area contributed by atoms with Gasteiger partial charge in [0.2, 0.25) is 0 Å². The quantitative estimate of drug-likeness (QED) is 0.727. The van der Waals surface area contributed by atoms with E-state index >= 15 is 0 Å². The number of hydrogen-bond donors (Lipinski definition) is 0. The molecular formula is C14H10N2O2S2. The number of methoxy groups -OCH3 is 2. The Morgan fingerprint density at radius 3 is 1.60 bits per heavy atom. The van der Waals surface area contributed by atoms with Crippen molar-refractivity contribution in [1.29, 1.82) is 0 Å². The molecule has 0 bridgehead atoms. The maximum atomic E-state index is 5.27. The first-order chi connectivity index (χ1) is 9.80. The first kappa shape index (κ1) is 12.1. The van der Waals surface area contributed by atoms with Crippen LogP contribution in [0.2, 0.25) is 0 Å². The highest BCUT2D eigenvalue weighted by molar-refractivity contribution is 8.14. The molecule has 0 N–H and O–H groups in total. The maximum absolute atomic E-state index is 5.27. The summed E-state index contributed by atoms with van der Waals surface area (Å²) in [5.41, 5.74) is 1.88. The third-order valence-corrected chi connectivity index (χ3v) is 5.19. The first-order valence-corrected chi connectivity index (χ1v) is 7.64. The lowest BCUT2D eigenvalue weighted by Crippen LogP contribution is -2.02. The molecule has 20 heavy (non-hydrogen) atoms. The molecule has 0 amide bonds. The normalized spacial score (nSPS) is 15.7. The monoisotopic (exact) mass is 302 g/mol. The maximum Gasteiger partial charge on any atom is 0.255 e. The van der Waals surface area contributed by atoms with Crippen molar-refractivity contribution in [3.8, 4) is 0 Å². The predicted octanol–water partition coefficient (Wildman–Crippen LogP) is 4.32. The predicted molar refractivity (Wildman–Crippen MR) is 83.9 cm³/mol. The van der Waals surface area contributed by atoms with E-state index in [4.69, 9.17) is 9.47 Å². The molecule has 2 aromatic carbocycles. The molecule has 0 unspecified atom stereocenters. The van der Waals surface area contributed by atoms with Crippen LogP contribution in [0.25, 0.3) is 10.8 Å². The SMILES string of the molecule is COC1=Nc2ccc3c4c(ccc(c24)S1)N=C(OC)S3. The summed E-state index contributed by atoms with van der Waals surface area (Å²) in [4.78, 5) is 11.4. The summed E-state index contributed by atoms with van der Waals surface area (Å²) in [6.45, 7) is 0. The van der Waals surface area contributed by atoms with Gasteiger partial charge in [-0.25, -0.2) is 9.98 Å². The van der Waals surface area contributed by atoms with E-state index < -0.39 is 0 Å². The molecule has 2 aliphatic rings. The Kier molecular flexibility index (Phi) is 2.68. The van der Waals surface area contributed by atoms with Crippen LogP contribution in [0.3, 0.4) is 0 Å². The van der Waals surface area contributed by atoms with E-state index in [0.717, 1.165) is 31.9 Å². The third kappa shape index (κ3) is 1.65. The fourth-order valence-electron chi connectivity index (χ4n) is 2.36. The zero-order valence-corrected chi connectivity index (χ0v) is 12.5. The van der Waals surface area contributed by atoms with Crippen molar-refractivity contribution in [2.24, 2.45) is 9.98 Å². The van der Waals surface area contributed by atoms with Crippen molar-refractivity contribution in [3.05, 3.63) is 24.3 Å². The van der Waals surface area contributed by atoms with Crippen LogP contribution in [0.1, 0.15) is 0 Å². The van der Waals surface area contributed by atoms with Gasteiger partial charge in [-0.2, -0.15) is 0 Å². The number of thioether (sulfide) groups is 2. The summed E-state index contributed by atoms with van der Waals surface area (Å²) in [6, 6.07) is 8.18. The van der Waals surface area contributed by atoms with E-state index in [1.54, 1.807) is 37.7 Å². The third-order valence-electron chi connectivity index (χ3n) is 3.21. The van der Waals surface area contributed by atoms with Gasteiger partial charge in [-0.1, -0.05) is 0 Å². The van der Waals surface area contributed by atoms with Crippen molar-refractivity contribution in [3.63, 3.8) is 0 Å². The van der Waals surface area contributed by atoms with Gasteiger partial charge in [0.05, 0.1) is 25.6 Å². The molecule has 0 fully saturated rings. The Morgan fingerprint density at radius 2 is 1.20 bits per heavy atom. The van der Waals surface area contributed by atoms with E-state index in [1.807, 2.05) is 12.1 Å². The van der Waals surface area contributed by atoms with Crippen LogP contribution in [0.4, 0.5) is 11.4 Å². The Bertz CT molecular complexity index is 732. The lowest BCUT2D eigenvalue weighted by molar-refractivity contribution is 0.416. The fraction of sp³-hybridized carbons (Fsp3) is 0.143. The standard InChI is InChI=1S/C14H10N2O2S2/c1-17-13-15-7-3-6-10-12-8(16-14(18-2)20-10)4-5-9(19-13)11(7)12/h3-6H,1-2H3. The van der Waals surface area contributed by atoms with Crippen molar-refractivity contribution in [2.75, 3.05) is 14.2 Å². The first-order valence-electron chi connectivity index (χ1n) is 6.01. The van der Waals surface area contributed by atoms with Gasteiger partial charge in [-0.15, -0.1) is 0 Å². The van der Waals surface area contributed by atoms with Crippen molar-refractivity contribution in [1.82, 2.24) is 0 Å². The van der Waals surface area contributed by atoms with E-state index in [9.17, 15) is 0 Å². The van der Waals surface area contributed by atoms with E-state index in [-0.39, 0.29) is 0 Å². The average molecular weight is 302 g/mol. The molecule has 2 aromatic rings. The molecule has 0 spiro atoms. The van der Waals surface area contributed by atoms with Crippen LogP contribution in [0.5, 0.6) is 0 Å². The molecule has 0 saturated heterocycles. The van der Waals surface area contributed by atoms with E-state index in [1.165, 1.54) is 0 Å². The molecule has 6 heteroatoms. The molecule has 0 saturated carbocycles. The number of ether oxygens (including phenoxy) is 2. The molecule has 4 nitrogen and oxygen atoms in total. The molecule has 0 radical (unpaired) electrons. The minimum Gasteiger partial charge on any atom is -0.476 e. The van der Waals surface area contributed by atoms with Crippen LogP contribution in [0.15, 0.2) is 44.0 Å². The van der Waals surface area contributed by atoms with Gasteiger partial charge >= 0.3 is 0 Å². The number of rotatable bonds is 0. The van der Waals surface area contributed by atoms with Gasteiger partial charge in [-0.3, -0.25) is 0 Å². The molecular weight excluding hydrogens is 292 g/mol. The van der Waals surface area contributed by atoms with Gasteiger partial charge in [0, 0.05) is 20.6 Å². The van der Waals surface area contributed by atoms with Crippen LogP contribution < -0.4 is 0 Å². The second-order valence-corrected chi connectivity index (χ2v) is 6.27. The molecule has 100 valence electrons. The minimum atomic E-state index is 0.671. The highest BCUT2D eigenvalue weighted by Gasteiger charge is 2.23. The minimum absolute atomic E-state index is 0.671. The molecule has 2 heterocycles. The zero-order valence-electron chi connectivity index (χ0n) is 10.8. The number of benzene rings is 2. The van der Waals surface area contributed by atoms with E-state index in [0.29, 0.717) is 10.5 Å². The number of aliphatic imine (C=N–C) groups is 2. The van der Waals surface area contributed by atoms with Gasteiger partial charge in [0.15, 0.2) is 0 Å². The largest absolute Gasteiger partial charge is 0.476 e. The van der Waals surface area contributed by atoms with Gasteiger partial charge < -0.3 is 9.47 Å². The number of hydrogen-bond acceptors (Lipinski definition) is 6. The van der Waals surface area contributed by atoms with Crippen molar-refractivity contribution in [2.45, 2.75) is 9.79 Å². The summed E-state index contributed by atoms with van der Waals surface area (Å²) in [6.07, 6.45) is 0. The highest BCUT2D eigenvalue weighted by atomic mass is 32.2. The molecule has 0 aliphatic carbocycles. The summed E-state index contributed by atoms with van der Waals surface area (Å²) >= 11 is 3.09. The molecule has 4 rings (SSSR count). The smallest absolute Gasteiger partial charge is 0.255 e. The van der Waals surface area contributed by atoms with Gasteiger partial charge in [0.25, 0.3) is 10.5 Å². The summed E-state index contributed by atoms with van der Waals surface area (Å²) in [5, 5.41) is 3.64. The van der Waals surface area contributed by atoms with Crippen LogP contribution >= 0.6 is 23.5 Å². The van der Waals surface area contributed by atoms with Crippen molar-refractivity contribution >= 4 is 56.1 Å². The van der Waals surface area contributed by atoms with Gasteiger partial charge in [-0.05, 0) is 47.8 Å². The average Bonchev–Trinajstić information content (AvgIpc) is 2.51. The lowest BCUT2D eigenvalue weighted by Gasteiger charge is -2.20. The summed E-state index contributed by atoms with van der Waals surface area (Å²) < 4.78 is 10.5. The molecule has 2 aliphatic heterocycles. The van der Waals surface area contributed by atoms with Crippen LogP contribution in [0, 0.1) is 0 Å². The van der Waals surface area contributed by atoms with Crippen molar-refractivity contribution < 1.29 is 9.47 Å². The molecule has 0 atom stereocenters. The van der Waals surface area contributed by atoms with Crippen LogP contribution in [-0.2, 0) is 9.47 Å². The van der Waals surface area contributed by atoms with Crippen LogP contribution in [-0.4, -0.2) is 24.7 Å². The fourth-order valence-corrected chi connectivity index (χ4v) is 4.08. The Hall–Kier alpha value is -1.66. The van der Waals surface area contributed by atoms with Gasteiger partial charge in [0.1, 0.15) is 0 Å². The number of nitrogens with zero attached hydrogens (tertiary/aromatic N) is 2. The highest BCUT2D eigenvalue weighted by Crippen LogP contribution is 2.49. The second kappa shape index (κ2) is 4.43. The summed E-state index contributed by atoms with van der Waals surface area (Å²) in [7, 11) is 3.29. The zero-order chi connectivity index (χ0) is 13.7. The van der Waals surface area contributed by atoms with E-state index in [2.05, 4.69) is 22.1 Å². The lowest BCUT2D eigenvalue weighted by atomic mass is 10.1. The topological polar surface area (TPSA) is 43.2 Å². The Labute approximate surface area is 124 Å². The second-order valence-electron chi connectivity index (χ2n) is 4.28. The Morgan fingerprint density at radius 1 is 0.750 bits per heavy atom. The summed E-state index contributed by atoms with van der Waals surface area (Å²) in [5.74, 6) is 0.